The van der Waals surface area contributed by atoms with Crippen LogP contribution in [0.4, 0.5) is 14.3 Å². The van der Waals surface area contributed by atoms with Crippen LogP contribution in [0.15, 0.2) is 53.7 Å². The van der Waals surface area contributed by atoms with Crippen molar-refractivity contribution in [2.45, 2.75) is 32.9 Å². The maximum Gasteiger partial charge on any atom is 0.321 e. The highest BCUT2D eigenvalue weighted by Crippen LogP contribution is 2.38. The van der Waals surface area contributed by atoms with Gasteiger partial charge in [-0.05, 0) is 62.1 Å². The molecule has 3 aromatic rings. The Balaban J connectivity index is 1.46. The Morgan fingerprint density at radius 2 is 2.05 bits per heavy atom. The number of carbonyl (C=O) groups is 2. The number of hydrogen-bond acceptors (Lipinski definition) is 7. The van der Waals surface area contributed by atoms with Gasteiger partial charge in [0.25, 0.3) is 0 Å². The molecule has 39 heavy (non-hydrogen) atoms. The molecule has 2 aliphatic rings. The quantitative estimate of drug-likeness (QED) is 0.391. The van der Waals surface area contributed by atoms with E-state index in [1.54, 1.807) is 13.1 Å². The third-order valence-electron chi connectivity index (χ3n) is 7.17. The van der Waals surface area contributed by atoms with Crippen LogP contribution in [0.1, 0.15) is 32.3 Å². The summed E-state index contributed by atoms with van der Waals surface area (Å²) in [6.07, 6.45) is 6.01. The Kier molecular flexibility index (Phi) is 7.28. The molecule has 0 spiro atoms. The second-order valence-electron chi connectivity index (χ2n) is 9.96. The van der Waals surface area contributed by atoms with Crippen molar-refractivity contribution in [3.8, 4) is 11.3 Å². The van der Waals surface area contributed by atoms with Gasteiger partial charge in [-0.3, -0.25) is 25.0 Å². The number of dihydropyridines is 1. The van der Waals surface area contributed by atoms with E-state index in [-0.39, 0.29) is 12.2 Å². The van der Waals surface area contributed by atoms with Gasteiger partial charge in [0.1, 0.15) is 12.0 Å². The Morgan fingerprint density at radius 1 is 1.28 bits per heavy atom. The number of nitrogens with one attached hydrogen (secondary N) is 2. The van der Waals surface area contributed by atoms with E-state index < -0.39 is 17.2 Å². The van der Waals surface area contributed by atoms with Crippen molar-refractivity contribution in [3.63, 3.8) is 0 Å². The number of pyridine rings is 1. The van der Waals surface area contributed by atoms with E-state index >= 15 is 0 Å². The maximum atomic E-state index is 14.1. The Bertz CT molecular complexity index is 1520. The zero-order valence-corrected chi connectivity index (χ0v) is 22.5. The number of allylic oxidation sites excluding steroid dienone is 1. The highest BCUT2D eigenvalue weighted by Gasteiger charge is 2.39. The number of fused-ring (bicyclic) bond motifs is 1. The molecule has 1 unspecified atom stereocenters. The Morgan fingerprint density at radius 3 is 2.72 bits per heavy atom. The molecule has 3 N–H and O–H groups in total. The van der Waals surface area contributed by atoms with Crippen LogP contribution in [-0.4, -0.2) is 64.0 Å². The van der Waals surface area contributed by atoms with Crippen molar-refractivity contribution in [3.05, 3.63) is 60.1 Å². The van der Waals surface area contributed by atoms with Crippen molar-refractivity contribution in [2.24, 2.45) is 10.4 Å². The number of halogens is 1. The normalized spacial score (nSPS) is 19.1. The van der Waals surface area contributed by atoms with Crippen molar-refractivity contribution < 1.29 is 19.1 Å². The highest BCUT2D eigenvalue weighted by atomic mass is 32.1. The van der Waals surface area contributed by atoms with E-state index in [1.165, 1.54) is 29.7 Å². The monoisotopic (exact) mass is 548 g/mol. The molecule has 5 rings (SSSR count). The fourth-order valence-electron chi connectivity index (χ4n) is 4.82. The number of piperidine rings is 1. The van der Waals surface area contributed by atoms with Crippen LogP contribution < -0.4 is 10.6 Å². The van der Waals surface area contributed by atoms with E-state index in [4.69, 9.17) is 4.99 Å². The van der Waals surface area contributed by atoms with Crippen molar-refractivity contribution >= 4 is 50.5 Å². The van der Waals surface area contributed by atoms with Crippen LogP contribution in [-0.2, 0) is 4.79 Å². The van der Waals surface area contributed by atoms with Gasteiger partial charge in [-0.2, -0.15) is 0 Å². The molecule has 0 radical (unpaired) electrons. The summed E-state index contributed by atoms with van der Waals surface area (Å²) in [5, 5.41) is 15.4. The van der Waals surface area contributed by atoms with Crippen LogP contribution in [0.25, 0.3) is 27.0 Å². The first-order valence-electron chi connectivity index (χ1n) is 12.7. The number of amides is 2. The molecule has 1 saturated heterocycles. The fraction of sp³-hybridized carbons (Fsp3) is 0.321. The van der Waals surface area contributed by atoms with Gasteiger partial charge in [0, 0.05) is 49.2 Å². The number of carboxylic acid groups (broad SMARTS) is 1. The number of likely N-dealkylation sites (tertiary alicyclic amines) is 1. The number of thiazole rings is 1. The first-order valence-corrected chi connectivity index (χ1v) is 13.5. The van der Waals surface area contributed by atoms with E-state index in [1.807, 2.05) is 25.1 Å². The number of nitrogens with zero attached hydrogens (tertiary/aromatic N) is 4. The molecular weight excluding hydrogens is 519 g/mol. The molecule has 1 fully saturated rings. The van der Waals surface area contributed by atoms with Crippen LogP contribution >= 0.6 is 11.3 Å². The molecule has 4 heterocycles. The van der Waals surface area contributed by atoms with Crippen molar-refractivity contribution in [1.29, 1.82) is 0 Å². The van der Waals surface area contributed by atoms with Crippen LogP contribution in [0.2, 0.25) is 0 Å². The van der Waals surface area contributed by atoms with Gasteiger partial charge in [-0.1, -0.05) is 17.9 Å². The third kappa shape index (κ3) is 5.45. The van der Waals surface area contributed by atoms with Crippen LogP contribution in [0.3, 0.4) is 0 Å². The summed E-state index contributed by atoms with van der Waals surface area (Å²) in [6, 6.07) is 6.13. The number of anilines is 1. The van der Waals surface area contributed by atoms with Gasteiger partial charge in [-0.25, -0.2) is 14.2 Å². The van der Waals surface area contributed by atoms with Crippen LogP contribution in [0, 0.1) is 11.2 Å². The zero-order valence-electron chi connectivity index (χ0n) is 21.7. The molecule has 0 aliphatic carbocycles. The van der Waals surface area contributed by atoms with Crippen molar-refractivity contribution in [2.75, 3.05) is 25.0 Å². The summed E-state index contributed by atoms with van der Waals surface area (Å²) in [5.41, 5.74) is 3.48. The minimum Gasteiger partial charge on any atom is -0.481 e. The zero-order chi connectivity index (χ0) is 27.7. The lowest BCUT2D eigenvalue weighted by molar-refractivity contribution is -0.150. The predicted molar refractivity (Wildman–Crippen MR) is 151 cm³/mol. The minimum atomic E-state index is -0.763. The molecule has 1 aromatic carbocycles. The van der Waals surface area contributed by atoms with Gasteiger partial charge in [0.15, 0.2) is 5.13 Å². The number of aromatic nitrogens is 2. The minimum absolute atomic E-state index is 0.257. The summed E-state index contributed by atoms with van der Waals surface area (Å²) in [5.74, 6) is -1.17. The second-order valence-corrected chi connectivity index (χ2v) is 11.0. The van der Waals surface area contributed by atoms with E-state index in [0.29, 0.717) is 54.4 Å². The van der Waals surface area contributed by atoms with E-state index in [9.17, 15) is 19.1 Å². The Labute approximate surface area is 229 Å². The predicted octanol–water partition coefficient (Wildman–Crippen LogP) is 5.18. The molecule has 2 amide bonds. The molecule has 2 aliphatic heterocycles. The molecule has 2 aromatic heterocycles. The average molecular weight is 549 g/mol. The summed E-state index contributed by atoms with van der Waals surface area (Å²) >= 11 is 1.29. The lowest BCUT2D eigenvalue weighted by Crippen LogP contribution is -2.47. The van der Waals surface area contributed by atoms with Gasteiger partial charge in [0.2, 0.25) is 0 Å². The smallest absolute Gasteiger partial charge is 0.321 e. The second kappa shape index (κ2) is 10.7. The summed E-state index contributed by atoms with van der Waals surface area (Å²) < 4.78 is 14.9. The van der Waals surface area contributed by atoms with Crippen molar-refractivity contribution in [1.82, 2.24) is 20.2 Å². The molecule has 202 valence electrons. The van der Waals surface area contributed by atoms with Gasteiger partial charge in [-0.15, -0.1) is 0 Å². The number of carboxylic acids is 1. The molecule has 9 nitrogen and oxygen atoms in total. The Hall–Kier alpha value is -3.96. The average Bonchev–Trinajstić information content (AvgIpc) is 3.31. The van der Waals surface area contributed by atoms with Gasteiger partial charge in [0.05, 0.1) is 21.3 Å². The van der Waals surface area contributed by atoms with E-state index in [2.05, 4.69) is 32.1 Å². The van der Waals surface area contributed by atoms with Crippen LogP contribution in [0.5, 0.6) is 0 Å². The number of aliphatic imine (C=N–C) groups is 1. The number of hydrogen-bond donors (Lipinski definition) is 3. The number of urea groups is 1. The third-order valence-corrected chi connectivity index (χ3v) is 8.19. The molecule has 0 bridgehead atoms. The highest BCUT2D eigenvalue weighted by molar-refractivity contribution is 7.22. The number of carbonyl (C=O) groups excluding carboxylic acids is 1. The summed E-state index contributed by atoms with van der Waals surface area (Å²) in [6.45, 7) is 9.59. The SMILES string of the molecule is C=C1C=C(c2cc(-c3cc(F)ccn3)c3sc(NC(=O)NCC)nc3c2)C=NC1N1CCC(C)(C(=O)O)CC1. The number of benzene rings is 1. The molecule has 0 saturated carbocycles. The fourth-order valence-corrected chi connectivity index (χ4v) is 5.78. The lowest BCUT2D eigenvalue weighted by atomic mass is 9.80. The largest absolute Gasteiger partial charge is 0.481 e. The summed E-state index contributed by atoms with van der Waals surface area (Å²) in [4.78, 5) is 39.6. The van der Waals surface area contributed by atoms with Gasteiger partial charge < -0.3 is 10.4 Å². The number of aliphatic carboxylic acids is 1. The molecule has 11 heteroatoms. The molecule has 1 atom stereocenters. The van der Waals surface area contributed by atoms with Gasteiger partial charge >= 0.3 is 12.0 Å². The summed E-state index contributed by atoms with van der Waals surface area (Å²) in [7, 11) is 0. The number of rotatable bonds is 6. The maximum absolute atomic E-state index is 14.1. The first-order chi connectivity index (χ1) is 18.7. The first kappa shape index (κ1) is 26.6. The molecular formula is C28H29FN6O3S. The standard InChI is InChI=1S/C28H29FN6O3S/c1-4-30-26(38)34-27-33-22-13-17(12-20(23(22)39-27)21-14-19(29)5-8-31-21)18-11-16(2)24(32-15-18)35-9-6-28(3,7-10-35)25(36)37/h5,8,11-15,24H,2,4,6-7,9-10H2,1,3H3,(H,36,37)(H2,30,33,34,38). The van der Waals surface area contributed by atoms with E-state index in [0.717, 1.165) is 21.4 Å². The lowest BCUT2D eigenvalue weighted by Gasteiger charge is -2.40. The topological polar surface area (TPSA) is 120 Å².